The maximum absolute atomic E-state index is 12.1. The Morgan fingerprint density at radius 2 is 1.82 bits per heavy atom. The Morgan fingerprint density at radius 3 is 2.36 bits per heavy atom. The van der Waals surface area contributed by atoms with Gasteiger partial charge in [-0.25, -0.2) is 0 Å². The Bertz CT molecular complexity index is 451. The van der Waals surface area contributed by atoms with Gasteiger partial charge in [-0.3, -0.25) is 0 Å². The highest BCUT2D eigenvalue weighted by Crippen LogP contribution is 2.24. The van der Waals surface area contributed by atoms with Crippen molar-refractivity contribution in [3.63, 3.8) is 0 Å². The van der Waals surface area contributed by atoms with Crippen LogP contribution in [-0.4, -0.2) is 38.8 Å². The molecule has 2 rings (SSSR count). The number of methoxy groups -OCH3 is 1. The maximum Gasteiger partial charge on any atom is 0.573 e. The smallest absolute Gasteiger partial charge is 0.406 e. The van der Waals surface area contributed by atoms with Gasteiger partial charge < -0.3 is 19.5 Å². The minimum atomic E-state index is -4.66. The average Bonchev–Trinajstić information content (AvgIpc) is 2.46. The third-order valence-corrected chi connectivity index (χ3v) is 3.69. The molecule has 1 N–H and O–H groups in total. The van der Waals surface area contributed by atoms with Crippen LogP contribution >= 0.6 is 0 Å². The predicted octanol–water partition coefficient (Wildman–Crippen LogP) is 2.87. The number of hydrogen-bond acceptors (Lipinski definition) is 4. The summed E-state index contributed by atoms with van der Waals surface area (Å²) in [6.07, 6.45) is -2.98. The molecule has 7 heteroatoms. The van der Waals surface area contributed by atoms with Gasteiger partial charge in [-0.15, -0.1) is 13.2 Å². The first-order valence-electron chi connectivity index (χ1n) is 7.09. The summed E-state index contributed by atoms with van der Waals surface area (Å²) in [5.41, 5.74) is 0.741. The summed E-state index contributed by atoms with van der Waals surface area (Å²) in [4.78, 5) is 0. The molecule has 1 aliphatic rings. The molecule has 0 spiro atoms. The standard InChI is InChI=1S/C15H20F3NO3/c1-20-11-14(6-8-21-9-7-14)19-10-12-2-4-13(5-3-12)22-15(16,17)18/h2-5,19H,6-11H2,1H3. The van der Waals surface area contributed by atoms with Gasteiger partial charge in [0.15, 0.2) is 0 Å². The highest BCUT2D eigenvalue weighted by molar-refractivity contribution is 5.27. The van der Waals surface area contributed by atoms with Crippen molar-refractivity contribution in [3.05, 3.63) is 29.8 Å². The van der Waals surface area contributed by atoms with Crippen LogP contribution in [0.25, 0.3) is 0 Å². The lowest BCUT2D eigenvalue weighted by Crippen LogP contribution is -2.52. The van der Waals surface area contributed by atoms with Crippen molar-refractivity contribution < 1.29 is 27.4 Å². The molecule has 1 fully saturated rings. The summed E-state index contributed by atoms with van der Waals surface area (Å²) >= 11 is 0. The normalized spacial score (nSPS) is 18.2. The predicted molar refractivity (Wildman–Crippen MR) is 74.6 cm³/mol. The van der Waals surface area contributed by atoms with Gasteiger partial charge in [0.2, 0.25) is 0 Å². The van der Waals surface area contributed by atoms with Gasteiger partial charge in [0.1, 0.15) is 5.75 Å². The molecule has 0 radical (unpaired) electrons. The molecule has 0 saturated carbocycles. The van der Waals surface area contributed by atoms with Crippen LogP contribution in [0.4, 0.5) is 13.2 Å². The lowest BCUT2D eigenvalue weighted by molar-refractivity contribution is -0.274. The molecule has 1 aromatic carbocycles. The van der Waals surface area contributed by atoms with Crippen molar-refractivity contribution in [2.75, 3.05) is 26.9 Å². The van der Waals surface area contributed by atoms with Crippen molar-refractivity contribution in [1.82, 2.24) is 5.32 Å². The molecule has 22 heavy (non-hydrogen) atoms. The van der Waals surface area contributed by atoms with E-state index >= 15 is 0 Å². The Hall–Kier alpha value is -1.31. The number of ether oxygens (including phenoxy) is 3. The van der Waals surface area contributed by atoms with Crippen molar-refractivity contribution >= 4 is 0 Å². The SMILES string of the molecule is COCC1(NCc2ccc(OC(F)(F)F)cc2)CCOCC1. The van der Waals surface area contributed by atoms with Gasteiger partial charge in [0.25, 0.3) is 0 Å². The molecule has 0 bridgehead atoms. The molecule has 4 nitrogen and oxygen atoms in total. The van der Waals surface area contributed by atoms with Crippen LogP contribution in [0.1, 0.15) is 18.4 Å². The fraction of sp³-hybridized carbons (Fsp3) is 0.600. The zero-order valence-electron chi connectivity index (χ0n) is 12.4. The second-order valence-corrected chi connectivity index (χ2v) is 5.37. The fourth-order valence-electron chi connectivity index (χ4n) is 2.51. The summed E-state index contributed by atoms with van der Waals surface area (Å²) in [7, 11) is 1.65. The van der Waals surface area contributed by atoms with E-state index in [2.05, 4.69) is 10.1 Å². The maximum atomic E-state index is 12.1. The van der Waals surface area contributed by atoms with Crippen molar-refractivity contribution in [2.24, 2.45) is 0 Å². The molecular weight excluding hydrogens is 299 g/mol. The summed E-state index contributed by atoms with van der Waals surface area (Å²) in [6.45, 7) is 2.48. The zero-order chi connectivity index (χ0) is 16.1. The van der Waals surface area contributed by atoms with E-state index in [0.29, 0.717) is 26.4 Å². The van der Waals surface area contributed by atoms with Gasteiger partial charge in [0.05, 0.1) is 6.61 Å². The van der Waals surface area contributed by atoms with Crippen molar-refractivity contribution in [2.45, 2.75) is 31.3 Å². The third-order valence-electron chi connectivity index (χ3n) is 3.69. The van der Waals surface area contributed by atoms with E-state index in [1.165, 1.54) is 12.1 Å². The van der Waals surface area contributed by atoms with E-state index in [1.54, 1.807) is 19.2 Å². The van der Waals surface area contributed by atoms with E-state index in [4.69, 9.17) is 9.47 Å². The molecule has 1 aliphatic heterocycles. The fourth-order valence-corrected chi connectivity index (χ4v) is 2.51. The monoisotopic (exact) mass is 319 g/mol. The Morgan fingerprint density at radius 1 is 1.18 bits per heavy atom. The van der Waals surface area contributed by atoms with Crippen molar-refractivity contribution in [3.8, 4) is 5.75 Å². The van der Waals surface area contributed by atoms with Crippen LogP contribution < -0.4 is 10.1 Å². The first-order chi connectivity index (χ1) is 10.4. The summed E-state index contributed by atoms with van der Waals surface area (Å²) in [5.74, 6) is -0.214. The largest absolute Gasteiger partial charge is 0.573 e. The number of alkyl halides is 3. The third kappa shape index (κ3) is 5.15. The van der Waals surface area contributed by atoms with Gasteiger partial charge in [0, 0.05) is 32.4 Å². The molecule has 124 valence electrons. The molecule has 1 aromatic rings. The highest BCUT2D eigenvalue weighted by Gasteiger charge is 2.32. The second kappa shape index (κ2) is 7.30. The molecule has 0 aliphatic carbocycles. The Kier molecular flexibility index (Phi) is 5.66. The van der Waals surface area contributed by atoms with Crippen LogP contribution in [0.2, 0.25) is 0 Å². The Labute approximate surface area is 127 Å². The van der Waals surface area contributed by atoms with E-state index in [9.17, 15) is 13.2 Å². The molecule has 0 atom stereocenters. The van der Waals surface area contributed by atoms with Crippen LogP contribution in [0.5, 0.6) is 5.75 Å². The van der Waals surface area contributed by atoms with Gasteiger partial charge in [-0.1, -0.05) is 12.1 Å². The molecule has 1 saturated heterocycles. The summed E-state index contributed by atoms with van der Waals surface area (Å²) in [5, 5.41) is 3.45. The van der Waals surface area contributed by atoms with E-state index in [1.807, 2.05) is 0 Å². The average molecular weight is 319 g/mol. The number of halogens is 3. The van der Waals surface area contributed by atoms with Crippen LogP contribution in [0.3, 0.4) is 0 Å². The minimum absolute atomic E-state index is 0.145. The lowest BCUT2D eigenvalue weighted by Gasteiger charge is -2.37. The highest BCUT2D eigenvalue weighted by atomic mass is 19.4. The van der Waals surface area contributed by atoms with Crippen LogP contribution in [-0.2, 0) is 16.0 Å². The topological polar surface area (TPSA) is 39.7 Å². The zero-order valence-corrected chi connectivity index (χ0v) is 12.4. The second-order valence-electron chi connectivity index (χ2n) is 5.37. The van der Waals surface area contributed by atoms with Gasteiger partial charge >= 0.3 is 6.36 Å². The van der Waals surface area contributed by atoms with Gasteiger partial charge in [-0.05, 0) is 30.5 Å². The summed E-state index contributed by atoms with van der Waals surface area (Å²) < 4.78 is 50.8. The number of nitrogens with one attached hydrogen (secondary N) is 1. The molecular formula is C15H20F3NO3. The lowest BCUT2D eigenvalue weighted by atomic mass is 9.90. The summed E-state index contributed by atoms with van der Waals surface area (Å²) in [6, 6.07) is 5.87. The number of rotatable bonds is 6. The minimum Gasteiger partial charge on any atom is -0.406 e. The molecule has 0 amide bonds. The number of benzene rings is 1. The van der Waals surface area contributed by atoms with E-state index < -0.39 is 6.36 Å². The first-order valence-corrected chi connectivity index (χ1v) is 7.09. The van der Waals surface area contributed by atoms with Crippen LogP contribution in [0.15, 0.2) is 24.3 Å². The molecule has 0 aromatic heterocycles. The molecule has 1 heterocycles. The quantitative estimate of drug-likeness (QED) is 0.875. The van der Waals surface area contributed by atoms with Crippen molar-refractivity contribution in [1.29, 1.82) is 0 Å². The van der Waals surface area contributed by atoms with Gasteiger partial charge in [-0.2, -0.15) is 0 Å². The number of hydrogen-bond donors (Lipinski definition) is 1. The van der Waals surface area contributed by atoms with E-state index in [-0.39, 0.29) is 11.3 Å². The first kappa shape index (κ1) is 17.1. The Balaban J connectivity index is 1.92. The van der Waals surface area contributed by atoms with E-state index in [0.717, 1.165) is 18.4 Å². The molecule has 0 unspecified atom stereocenters. The van der Waals surface area contributed by atoms with Crippen LogP contribution in [0, 0.1) is 0 Å².